The largest absolute Gasteiger partial charge is 0.755 e. The molecule has 1 aliphatic heterocycles. The van der Waals surface area contributed by atoms with Gasteiger partial charge in [-0.05, 0) is 48.4 Å². The number of hydrogen-bond donors (Lipinski definition) is 1. The predicted molar refractivity (Wildman–Crippen MR) is 117 cm³/mol. The van der Waals surface area contributed by atoms with Gasteiger partial charge in [0.25, 0.3) is 5.91 Å². The molecule has 162 valence electrons. The molecule has 1 atom stereocenters. The zero-order chi connectivity index (χ0) is 21.3. The zero-order valence-electron chi connectivity index (χ0n) is 17.2. The van der Waals surface area contributed by atoms with Crippen molar-refractivity contribution in [3.63, 3.8) is 0 Å². The van der Waals surface area contributed by atoms with Gasteiger partial charge in [0.15, 0.2) is 0 Å². The maximum atomic E-state index is 12.7. The second-order valence-electron chi connectivity index (χ2n) is 7.33. The monoisotopic (exact) mass is 430 g/mol. The molecule has 0 aromatic heterocycles. The molecule has 2 aromatic rings. The molecule has 1 unspecified atom stereocenters. The van der Waals surface area contributed by atoms with Crippen molar-refractivity contribution >= 4 is 22.9 Å². The van der Waals surface area contributed by atoms with Crippen molar-refractivity contribution < 1.29 is 18.3 Å². The number of amides is 1. The van der Waals surface area contributed by atoms with E-state index in [1.165, 1.54) is 5.56 Å². The van der Waals surface area contributed by atoms with Gasteiger partial charge in [0.2, 0.25) is 0 Å². The van der Waals surface area contributed by atoms with Gasteiger partial charge in [-0.2, -0.15) is 0 Å². The lowest BCUT2D eigenvalue weighted by Gasteiger charge is -2.34. The minimum Gasteiger partial charge on any atom is -0.755 e. The third-order valence-corrected chi connectivity index (χ3v) is 5.49. The molecule has 1 saturated heterocycles. The average Bonchev–Trinajstić information content (AvgIpc) is 2.75. The number of carbonyl (C=O) groups is 1. The number of rotatable bonds is 9. The van der Waals surface area contributed by atoms with E-state index >= 15 is 0 Å². The molecule has 0 spiro atoms. The summed E-state index contributed by atoms with van der Waals surface area (Å²) in [5.41, 5.74) is 2.23. The van der Waals surface area contributed by atoms with Gasteiger partial charge in [-0.15, -0.1) is 0 Å². The number of unbranched alkanes of at least 4 members (excludes halogenated alkanes) is 1. The number of hydrogen-bond acceptors (Lipinski definition) is 5. The molecule has 1 fully saturated rings. The summed E-state index contributed by atoms with van der Waals surface area (Å²) in [6.07, 6.45) is 2.19. The second-order valence-corrected chi connectivity index (χ2v) is 8.00. The van der Waals surface area contributed by atoms with Crippen LogP contribution in [0.5, 0.6) is 5.75 Å². The van der Waals surface area contributed by atoms with E-state index in [1.54, 1.807) is 24.3 Å². The number of anilines is 1. The van der Waals surface area contributed by atoms with Crippen LogP contribution in [0.3, 0.4) is 0 Å². The summed E-state index contributed by atoms with van der Waals surface area (Å²) in [6.45, 7) is 6.72. The molecule has 0 bridgehead atoms. The number of ether oxygens (including phenoxy) is 1. The number of benzene rings is 2. The quantitative estimate of drug-likeness (QED) is 0.488. The molecule has 8 heteroatoms. The van der Waals surface area contributed by atoms with Crippen molar-refractivity contribution in [3.05, 3.63) is 59.7 Å². The average molecular weight is 431 g/mol. The van der Waals surface area contributed by atoms with Gasteiger partial charge in [0.05, 0.1) is 6.61 Å². The van der Waals surface area contributed by atoms with Crippen LogP contribution in [0.25, 0.3) is 0 Å². The van der Waals surface area contributed by atoms with Crippen molar-refractivity contribution in [1.29, 1.82) is 0 Å². The standard InChI is InChI=1S/C22H29N3O4S/c1-2-3-16-29-21-10-4-18(5-11-21)17-24-12-14-25(15-13-24)22(26)19-6-8-20(9-7-19)23-30(27)28/h4-11,23H,2-3,12-17H2,1H3,(H,27,28)/p-1. The van der Waals surface area contributed by atoms with Gasteiger partial charge in [-0.25, -0.2) is 0 Å². The first-order chi connectivity index (χ1) is 14.5. The zero-order valence-corrected chi connectivity index (χ0v) is 18.0. The summed E-state index contributed by atoms with van der Waals surface area (Å²) < 4.78 is 29.3. The van der Waals surface area contributed by atoms with Gasteiger partial charge in [-0.1, -0.05) is 25.5 Å². The molecule has 1 heterocycles. The Hall–Kier alpha value is -2.42. The Labute approximate surface area is 180 Å². The van der Waals surface area contributed by atoms with Crippen molar-refractivity contribution in [2.45, 2.75) is 26.3 Å². The van der Waals surface area contributed by atoms with Gasteiger partial charge in [0, 0.05) is 55.2 Å². The van der Waals surface area contributed by atoms with Gasteiger partial charge in [-0.3, -0.25) is 13.9 Å². The SMILES string of the molecule is CCCCOc1ccc(CN2CCN(C(=O)c3ccc(NS(=O)[O-])cc3)CC2)cc1. The van der Waals surface area contributed by atoms with Gasteiger partial charge in [0.1, 0.15) is 5.75 Å². The molecule has 0 aliphatic carbocycles. The van der Waals surface area contributed by atoms with Crippen molar-refractivity contribution in [1.82, 2.24) is 9.80 Å². The highest BCUT2D eigenvalue weighted by molar-refractivity contribution is 7.80. The van der Waals surface area contributed by atoms with E-state index in [0.717, 1.165) is 44.8 Å². The maximum absolute atomic E-state index is 12.7. The molecule has 7 nitrogen and oxygen atoms in total. The molecule has 0 saturated carbocycles. The molecule has 0 radical (unpaired) electrons. The van der Waals surface area contributed by atoms with Crippen molar-refractivity contribution in [2.24, 2.45) is 0 Å². The minimum absolute atomic E-state index is 0.0296. The van der Waals surface area contributed by atoms with Gasteiger partial charge < -0.3 is 18.9 Å². The highest BCUT2D eigenvalue weighted by Gasteiger charge is 2.22. The van der Waals surface area contributed by atoms with Gasteiger partial charge >= 0.3 is 0 Å². The van der Waals surface area contributed by atoms with Crippen LogP contribution >= 0.6 is 0 Å². The Morgan fingerprint density at radius 1 is 1.07 bits per heavy atom. The van der Waals surface area contributed by atoms with Crippen LogP contribution in [0.2, 0.25) is 0 Å². The van der Waals surface area contributed by atoms with Crippen molar-refractivity contribution in [2.75, 3.05) is 37.5 Å². The van der Waals surface area contributed by atoms with Crippen LogP contribution in [0.15, 0.2) is 48.5 Å². The molecule has 1 amide bonds. The lowest BCUT2D eigenvalue weighted by atomic mass is 10.1. The molecular formula is C22H28N3O4S-. The van der Waals surface area contributed by atoms with E-state index in [9.17, 15) is 13.6 Å². The summed E-state index contributed by atoms with van der Waals surface area (Å²) in [5.74, 6) is 0.878. The molecular weight excluding hydrogens is 402 g/mol. The van der Waals surface area contributed by atoms with E-state index in [2.05, 4.69) is 28.7 Å². The summed E-state index contributed by atoms with van der Waals surface area (Å²) >= 11 is -2.37. The first-order valence-electron chi connectivity index (χ1n) is 10.2. The smallest absolute Gasteiger partial charge is 0.253 e. The highest BCUT2D eigenvalue weighted by atomic mass is 32.2. The maximum Gasteiger partial charge on any atom is 0.253 e. The van der Waals surface area contributed by atoms with Crippen LogP contribution in [0, 0.1) is 0 Å². The Balaban J connectivity index is 1.46. The van der Waals surface area contributed by atoms with Crippen LogP contribution in [0.1, 0.15) is 35.7 Å². The fraction of sp³-hybridized carbons (Fsp3) is 0.409. The minimum atomic E-state index is -2.37. The molecule has 1 N–H and O–H groups in total. The van der Waals surface area contributed by atoms with E-state index in [-0.39, 0.29) is 5.91 Å². The molecule has 3 rings (SSSR count). The summed E-state index contributed by atoms with van der Waals surface area (Å²) in [7, 11) is 0. The third-order valence-electron chi connectivity index (χ3n) is 5.09. The van der Waals surface area contributed by atoms with Crippen LogP contribution in [0.4, 0.5) is 5.69 Å². The van der Waals surface area contributed by atoms with Crippen LogP contribution < -0.4 is 9.46 Å². The van der Waals surface area contributed by atoms with E-state index in [4.69, 9.17) is 4.74 Å². The topological polar surface area (TPSA) is 84.9 Å². The molecule has 30 heavy (non-hydrogen) atoms. The predicted octanol–water partition coefficient (Wildman–Crippen LogP) is 3.03. The van der Waals surface area contributed by atoms with Crippen LogP contribution in [-0.2, 0) is 17.8 Å². The molecule has 2 aromatic carbocycles. The van der Waals surface area contributed by atoms with E-state index in [1.807, 2.05) is 17.0 Å². The Morgan fingerprint density at radius 2 is 1.73 bits per heavy atom. The first kappa shape index (κ1) is 22.3. The lowest BCUT2D eigenvalue weighted by molar-refractivity contribution is 0.0628. The highest BCUT2D eigenvalue weighted by Crippen LogP contribution is 2.17. The second kappa shape index (κ2) is 11.1. The fourth-order valence-corrected chi connectivity index (χ4v) is 3.68. The Morgan fingerprint density at radius 3 is 2.33 bits per heavy atom. The number of carbonyl (C=O) groups excluding carboxylic acids is 1. The third kappa shape index (κ3) is 6.55. The van der Waals surface area contributed by atoms with Crippen LogP contribution in [-0.4, -0.2) is 57.3 Å². The number of piperazine rings is 1. The lowest BCUT2D eigenvalue weighted by Crippen LogP contribution is -2.48. The number of nitrogens with zero attached hydrogens (tertiary/aromatic N) is 2. The normalized spacial score (nSPS) is 15.6. The van der Waals surface area contributed by atoms with E-state index < -0.39 is 11.3 Å². The summed E-state index contributed by atoms with van der Waals surface area (Å²) in [4.78, 5) is 16.9. The summed E-state index contributed by atoms with van der Waals surface area (Å²) in [6, 6.07) is 14.7. The van der Waals surface area contributed by atoms with E-state index in [0.29, 0.717) is 24.3 Å². The van der Waals surface area contributed by atoms with Crippen molar-refractivity contribution in [3.8, 4) is 5.75 Å². The fourth-order valence-electron chi connectivity index (χ4n) is 3.35. The summed E-state index contributed by atoms with van der Waals surface area (Å²) in [5, 5.41) is 0. The molecule has 1 aliphatic rings. The Kier molecular flexibility index (Phi) is 8.24. The Bertz CT molecular complexity index is 834. The number of nitrogens with one attached hydrogen (secondary N) is 1. The first-order valence-corrected chi connectivity index (χ1v) is 11.3.